The Hall–Kier alpha value is 0.170. The molecule has 0 radical (unpaired) electrons. The first kappa shape index (κ1) is 14.2. The Morgan fingerprint density at radius 2 is 2.00 bits per heavy atom. The molecule has 0 amide bonds. The number of rotatable bonds is 6. The molecule has 1 heterocycles. The Balaban J connectivity index is 2.63. The summed E-state index contributed by atoms with van der Waals surface area (Å²) in [5.41, 5.74) is 2.48. The van der Waals surface area contributed by atoms with Gasteiger partial charge >= 0.3 is 0 Å². The summed E-state index contributed by atoms with van der Waals surface area (Å²) < 4.78 is 3.21. The second-order valence-electron chi connectivity index (χ2n) is 4.11. The van der Waals surface area contributed by atoms with Gasteiger partial charge in [-0.3, -0.25) is 4.68 Å². The van der Waals surface area contributed by atoms with Gasteiger partial charge in [-0.05, 0) is 41.6 Å². The lowest BCUT2D eigenvalue weighted by Crippen LogP contribution is -2.04. The molecule has 0 saturated carbocycles. The zero-order valence-electron chi connectivity index (χ0n) is 10.3. The van der Waals surface area contributed by atoms with Crippen molar-refractivity contribution in [3.63, 3.8) is 0 Å². The van der Waals surface area contributed by atoms with Crippen LogP contribution in [-0.2, 0) is 19.9 Å². The molecule has 2 nitrogen and oxygen atoms in total. The first-order valence-corrected chi connectivity index (χ1v) is 7.65. The first-order chi connectivity index (χ1) is 7.60. The van der Waals surface area contributed by atoms with Crippen LogP contribution in [0.3, 0.4) is 0 Å². The normalized spacial score (nSPS) is 13.1. The van der Waals surface area contributed by atoms with Crippen molar-refractivity contribution < 1.29 is 0 Å². The zero-order valence-corrected chi connectivity index (χ0v) is 13.4. The molecular formula is C12H20Br2N2. The second kappa shape index (κ2) is 6.80. The summed E-state index contributed by atoms with van der Waals surface area (Å²) in [5.74, 6) is 0. The molecule has 1 aromatic heterocycles. The van der Waals surface area contributed by atoms with Crippen molar-refractivity contribution in [1.82, 2.24) is 9.78 Å². The van der Waals surface area contributed by atoms with Gasteiger partial charge in [-0.1, -0.05) is 36.2 Å². The lowest BCUT2D eigenvalue weighted by Gasteiger charge is -2.08. The monoisotopic (exact) mass is 350 g/mol. The number of halogens is 2. The lowest BCUT2D eigenvalue weighted by atomic mass is 10.1. The maximum Gasteiger partial charge on any atom is 0.0766 e. The van der Waals surface area contributed by atoms with Crippen molar-refractivity contribution in [2.45, 2.75) is 50.8 Å². The third-order valence-corrected chi connectivity index (χ3v) is 4.63. The predicted octanol–water partition coefficient (Wildman–Crippen LogP) is 4.24. The average molecular weight is 352 g/mol. The molecule has 16 heavy (non-hydrogen) atoms. The molecule has 0 aliphatic carbocycles. The molecule has 4 heteroatoms. The Morgan fingerprint density at radius 3 is 2.50 bits per heavy atom. The number of nitrogens with zero attached hydrogens (tertiary/aromatic N) is 2. The smallest absolute Gasteiger partial charge is 0.0766 e. The van der Waals surface area contributed by atoms with Crippen LogP contribution in [0.4, 0.5) is 0 Å². The summed E-state index contributed by atoms with van der Waals surface area (Å²) in [6, 6.07) is 0. The largest absolute Gasteiger partial charge is 0.271 e. The van der Waals surface area contributed by atoms with E-state index in [9.17, 15) is 0 Å². The summed E-state index contributed by atoms with van der Waals surface area (Å²) in [4.78, 5) is 0.629. The van der Waals surface area contributed by atoms with Crippen LogP contribution >= 0.6 is 31.9 Å². The van der Waals surface area contributed by atoms with Crippen LogP contribution in [0.5, 0.6) is 0 Å². The van der Waals surface area contributed by atoms with Crippen LogP contribution < -0.4 is 0 Å². The summed E-state index contributed by atoms with van der Waals surface area (Å²) >= 11 is 7.38. The average Bonchev–Trinajstić information content (AvgIpc) is 2.52. The number of alkyl halides is 1. The minimum absolute atomic E-state index is 0.629. The van der Waals surface area contributed by atoms with Gasteiger partial charge in [0.2, 0.25) is 0 Å². The van der Waals surface area contributed by atoms with Crippen LogP contribution in [-0.4, -0.2) is 14.6 Å². The van der Waals surface area contributed by atoms with Gasteiger partial charge in [0.1, 0.15) is 0 Å². The highest BCUT2D eigenvalue weighted by atomic mass is 79.9. The highest BCUT2D eigenvalue weighted by molar-refractivity contribution is 9.10. The standard InChI is InChI=1S/C12H20Br2N2/c1-4-6-9(13)7-8-11-12(14)10(5-2)15-16(11)3/h9H,4-8H2,1-3H3. The molecule has 0 aliphatic rings. The van der Waals surface area contributed by atoms with E-state index in [1.165, 1.54) is 35.1 Å². The maximum atomic E-state index is 4.51. The molecule has 92 valence electrons. The van der Waals surface area contributed by atoms with Gasteiger partial charge in [0.05, 0.1) is 15.9 Å². The minimum Gasteiger partial charge on any atom is -0.271 e. The van der Waals surface area contributed by atoms with Crippen molar-refractivity contribution in [3.8, 4) is 0 Å². The quantitative estimate of drug-likeness (QED) is 0.701. The number of hydrogen-bond donors (Lipinski definition) is 0. The van der Waals surface area contributed by atoms with Gasteiger partial charge in [-0.25, -0.2) is 0 Å². The van der Waals surface area contributed by atoms with Crippen LogP contribution in [0, 0.1) is 0 Å². The summed E-state index contributed by atoms with van der Waals surface area (Å²) in [6.45, 7) is 4.37. The molecule has 0 fully saturated rings. The zero-order chi connectivity index (χ0) is 12.1. The summed E-state index contributed by atoms with van der Waals surface area (Å²) in [6.07, 6.45) is 5.73. The Bertz CT molecular complexity index is 334. The van der Waals surface area contributed by atoms with E-state index in [4.69, 9.17) is 0 Å². The maximum absolute atomic E-state index is 4.51. The molecule has 1 aromatic rings. The van der Waals surface area contributed by atoms with Crippen molar-refractivity contribution >= 4 is 31.9 Å². The number of aromatic nitrogens is 2. The highest BCUT2D eigenvalue weighted by Crippen LogP contribution is 2.24. The third kappa shape index (κ3) is 3.59. The number of hydrogen-bond acceptors (Lipinski definition) is 1. The molecule has 1 rings (SSSR count). The van der Waals surface area contributed by atoms with Crippen molar-refractivity contribution in [3.05, 3.63) is 15.9 Å². The fourth-order valence-corrected chi connectivity index (χ4v) is 3.34. The Kier molecular flexibility index (Phi) is 6.05. The van der Waals surface area contributed by atoms with Crippen molar-refractivity contribution in [2.75, 3.05) is 0 Å². The number of aryl methyl sites for hydroxylation is 2. The van der Waals surface area contributed by atoms with E-state index in [0.717, 1.165) is 12.8 Å². The molecule has 0 bridgehead atoms. The van der Waals surface area contributed by atoms with Gasteiger partial charge in [-0.2, -0.15) is 5.10 Å². The third-order valence-electron chi connectivity index (χ3n) is 2.80. The summed E-state index contributed by atoms with van der Waals surface area (Å²) in [5, 5.41) is 4.51. The molecule has 0 N–H and O–H groups in total. The van der Waals surface area contributed by atoms with Gasteiger partial charge in [0.25, 0.3) is 0 Å². The Labute approximate surface area is 115 Å². The summed E-state index contributed by atoms with van der Waals surface area (Å²) in [7, 11) is 2.03. The second-order valence-corrected chi connectivity index (χ2v) is 6.20. The van der Waals surface area contributed by atoms with Gasteiger partial charge in [0.15, 0.2) is 0 Å². The topological polar surface area (TPSA) is 17.8 Å². The van der Waals surface area contributed by atoms with Crippen LogP contribution in [0.2, 0.25) is 0 Å². The van der Waals surface area contributed by atoms with E-state index < -0.39 is 0 Å². The van der Waals surface area contributed by atoms with E-state index in [1.807, 2.05) is 11.7 Å². The molecule has 0 aliphatic heterocycles. The Morgan fingerprint density at radius 1 is 1.31 bits per heavy atom. The first-order valence-electron chi connectivity index (χ1n) is 5.94. The molecular weight excluding hydrogens is 332 g/mol. The highest BCUT2D eigenvalue weighted by Gasteiger charge is 2.13. The minimum atomic E-state index is 0.629. The van der Waals surface area contributed by atoms with E-state index in [0.29, 0.717) is 4.83 Å². The molecule has 1 atom stereocenters. The lowest BCUT2D eigenvalue weighted by molar-refractivity contribution is 0.643. The van der Waals surface area contributed by atoms with Gasteiger partial charge < -0.3 is 0 Å². The van der Waals surface area contributed by atoms with E-state index >= 15 is 0 Å². The molecule has 0 aromatic carbocycles. The van der Waals surface area contributed by atoms with E-state index in [2.05, 4.69) is 50.8 Å². The van der Waals surface area contributed by atoms with Crippen molar-refractivity contribution in [2.24, 2.45) is 7.05 Å². The fraction of sp³-hybridized carbons (Fsp3) is 0.750. The molecule has 0 spiro atoms. The molecule has 1 unspecified atom stereocenters. The van der Waals surface area contributed by atoms with Gasteiger partial charge in [0, 0.05) is 11.9 Å². The SMILES string of the molecule is CCCC(Br)CCc1c(Br)c(CC)nn1C. The van der Waals surface area contributed by atoms with Crippen molar-refractivity contribution in [1.29, 1.82) is 0 Å². The van der Waals surface area contributed by atoms with Crippen LogP contribution in [0.15, 0.2) is 4.47 Å². The van der Waals surface area contributed by atoms with Gasteiger partial charge in [-0.15, -0.1) is 0 Å². The van der Waals surface area contributed by atoms with Crippen LogP contribution in [0.25, 0.3) is 0 Å². The molecule has 0 saturated heterocycles. The van der Waals surface area contributed by atoms with Crippen LogP contribution in [0.1, 0.15) is 44.5 Å². The van der Waals surface area contributed by atoms with E-state index in [-0.39, 0.29) is 0 Å². The fourth-order valence-electron chi connectivity index (χ4n) is 1.84. The predicted molar refractivity (Wildman–Crippen MR) is 76.2 cm³/mol. The van der Waals surface area contributed by atoms with E-state index in [1.54, 1.807) is 0 Å².